The Balaban J connectivity index is 2.25. The summed E-state index contributed by atoms with van der Waals surface area (Å²) >= 11 is 1.91. The summed E-state index contributed by atoms with van der Waals surface area (Å²) in [5.41, 5.74) is 6.59. The number of rotatable bonds is 5. The molecule has 0 bridgehead atoms. The van der Waals surface area contributed by atoms with Crippen molar-refractivity contribution in [3.8, 4) is 0 Å². The molecule has 68 valence electrons. The topological polar surface area (TPSA) is 54.7 Å². The average molecular weight is 185 g/mol. The van der Waals surface area contributed by atoms with Crippen molar-refractivity contribution in [2.75, 3.05) is 12.3 Å². The minimum absolute atomic E-state index is 0.499. The second kappa shape index (κ2) is 5.22. The van der Waals surface area contributed by atoms with Crippen LogP contribution in [0, 0.1) is 0 Å². The van der Waals surface area contributed by atoms with Crippen molar-refractivity contribution in [1.29, 1.82) is 0 Å². The van der Waals surface area contributed by atoms with E-state index in [1.807, 2.05) is 18.0 Å². The largest absolute Gasteiger partial charge is 0.348 e. The van der Waals surface area contributed by atoms with Gasteiger partial charge in [-0.15, -0.1) is 0 Å². The van der Waals surface area contributed by atoms with E-state index in [9.17, 15) is 0 Å². The number of aromatic nitrogens is 2. The summed E-state index contributed by atoms with van der Waals surface area (Å²) in [4.78, 5) is 7.08. The lowest BCUT2D eigenvalue weighted by atomic mass is 10.4. The van der Waals surface area contributed by atoms with Gasteiger partial charge >= 0.3 is 0 Å². The first-order chi connectivity index (χ1) is 5.84. The Bertz CT molecular complexity index is 198. The first kappa shape index (κ1) is 9.61. The van der Waals surface area contributed by atoms with E-state index in [1.165, 1.54) is 5.69 Å². The number of H-pyrrole nitrogens is 1. The molecule has 0 saturated carbocycles. The highest BCUT2D eigenvalue weighted by Crippen LogP contribution is 2.26. The molecule has 1 aromatic heterocycles. The molecule has 0 aromatic carbocycles. The van der Waals surface area contributed by atoms with Crippen molar-refractivity contribution in [2.24, 2.45) is 5.73 Å². The number of aromatic amines is 1. The first-order valence-electron chi connectivity index (χ1n) is 4.14. The number of imidazole rings is 1. The number of thioether (sulfide) groups is 1. The van der Waals surface area contributed by atoms with Gasteiger partial charge in [-0.25, -0.2) is 4.98 Å². The zero-order valence-corrected chi connectivity index (χ0v) is 8.10. The Morgan fingerprint density at radius 2 is 2.58 bits per heavy atom. The lowest BCUT2D eigenvalue weighted by molar-refractivity contribution is 0.934. The molecule has 12 heavy (non-hydrogen) atoms. The van der Waals surface area contributed by atoms with Gasteiger partial charge in [-0.1, -0.05) is 0 Å². The van der Waals surface area contributed by atoms with Gasteiger partial charge in [0.05, 0.1) is 6.33 Å². The van der Waals surface area contributed by atoms with Crippen LogP contribution in [0.25, 0.3) is 0 Å². The highest BCUT2D eigenvalue weighted by atomic mass is 32.2. The third-order valence-electron chi connectivity index (χ3n) is 1.67. The third-order valence-corrected chi connectivity index (χ3v) is 2.95. The summed E-state index contributed by atoms with van der Waals surface area (Å²) in [6.45, 7) is 2.96. The Labute approximate surface area is 77.1 Å². The summed E-state index contributed by atoms with van der Waals surface area (Å²) < 4.78 is 0. The normalized spacial score (nSPS) is 13.2. The summed E-state index contributed by atoms with van der Waals surface area (Å²) in [5.74, 6) is 1.12. The fourth-order valence-electron chi connectivity index (χ4n) is 0.922. The molecule has 1 unspecified atom stereocenters. The van der Waals surface area contributed by atoms with Gasteiger partial charge < -0.3 is 10.7 Å². The molecule has 1 aromatic rings. The molecule has 0 saturated heterocycles. The van der Waals surface area contributed by atoms with E-state index in [1.54, 1.807) is 6.33 Å². The van der Waals surface area contributed by atoms with Crippen molar-refractivity contribution < 1.29 is 0 Å². The Morgan fingerprint density at radius 3 is 3.17 bits per heavy atom. The van der Waals surface area contributed by atoms with Gasteiger partial charge in [0, 0.05) is 17.1 Å². The molecule has 0 aliphatic rings. The molecule has 0 aliphatic heterocycles. The van der Waals surface area contributed by atoms with E-state index in [4.69, 9.17) is 5.73 Å². The summed E-state index contributed by atoms with van der Waals surface area (Å²) in [7, 11) is 0. The predicted octanol–water partition coefficient (Wildman–Crippen LogP) is 1.55. The Hall–Kier alpha value is -0.480. The Kier molecular flexibility index (Phi) is 4.18. The minimum Gasteiger partial charge on any atom is -0.348 e. The smallest absolute Gasteiger partial charge is 0.0922 e. The molecule has 3 nitrogen and oxygen atoms in total. The van der Waals surface area contributed by atoms with Crippen LogP contribution in [0.3, 0.4) is 0 Å². The van der Waals surface area contributed by atoms with Crippen molar-refractivity contribution in [1.82, 2.24) is 9.97 Å². The van der Waals surface area contributed by atoms with E-state index in [0.717, 1.165) is 18.7 Å². The van der Waals surface area contributed by atoms with Gasteiger partial charge in [0.1, 0.15) is 0 Å². The van der Waals surface area contributed by atoms with Gasteiger partial charge in [0.15, 0.2) is 0 Å². The van der Waals surface area contributed by atoms with Gasteiger partial charge in [-0.05, 0) is 25.6 Å². The highest BCUT2D eigenvalue weighted by Gasteiger charge is 2.05. The number of nitrogens with two attached hydrogens (primary N) is 1. The van der Waals surface area contributed by atoms with Crippen LogP contribution in [0.15, 0.2) is 12.5 Å². The second-order valence-electron chi connectivity index (χ2n) is 2.66. The molecule has 4 heteroatoms. The number of hydrogen-bond acceptors (Lipinski definition) is 3. The van der Waals surface area contributed by atoms with Crippen molar-refractivity contribution in [2.45, 2.75) is 18.6 Å². The number of nitrogens with zero attached hydrogens (tertiary/aromatic N) is 1. The number of hydrogen-bond donors (Lipinski definition) is 2. The van der Waals surface area contributed by atoms with Crippen LogP contribution in [0.5, 0.6) is 0 Å². The maximum absolute atomic E-state index is 5.40. The van der Waals surface area contributed by atoms with Crippen molar-refractivity contribution in [3.63, 3.8) is 0 Å². The Morgan fingerprint density at radius 1 is 1.75 bits per heavy atom. The molecule has 0 aliphatic carbocycles. The van der Waals surface area contributed by atoms with Crippen LogP contribution < -0.4 is 5.73 Å². The zero-order valence-electron chi connectivity index (χ0n) is 7.29. The zero-order chi connectivity index (χ0) is 8.81. The van der Waals surface area contributed by atoms with Crippen LogP contribution >= 0.6 is 11.8 Å². The van der Waals surface area contributed by atoms with E-state index < -0.39 is 0 Å². The molecule has 0 radical (unpaired) electrons. The minimum atomic E-state index is 0.499. The van der Waals surface area contributed by atoms with E-state index in [-0.39, 0.29) is 0 Å². The average Bonchev–Trinajstić information content (AvgIpc) is 2.56. The predicted molar refractivity (Wildman–Crippen MR) is 53.1 cm³/mol. The van der Waals surface area contributed by atoms with E-state index in [0.29, 0.717) is 5.25 Å². The quantitative estimate of drug-likeness (QED) is 0.684. The molecule has 0 fully saturated rings. The fourth-order valence-corrected chi connectivity index (χ4v) is 1.92. The maximum atomic E-state index is 5.40. The van der Waals surface area contributed by atoms with E-state index >= 15 is 0 Å². The summed E-state index contributed by atoms with van der Waals surface area (Å²) in [5, 5.41) is 0.499. The van der Waals surface area contributed by atoms with Gasteiger partial charge in [-0.3, -0.25) is 0 Å². The van der Waals surface area contributed by atoms with Crippen molar-refractivity contribution in [3.05, 3.63) is 18.2 Å². The molecule has 1 rings (SSSR count). The first-order valence-corrected chi connectivity index (χ1v) is 5.19. The van der Waals surface area contributed by atoms with Crippen LogP contribution in [-0.4, -0.2) is 22.3 Å². The molecule has 1 atom stereocenters. The van der Waals surface area contributed by atoms with Gasteiger partial charge in [-0.2, -0.15) is 11.8 Å². The number of nitrogens with one attached hydrogen (secondary N) is 1. The molecule has 0 spiro atoms. The van der Waals surface area contributed by atoms with E-state index in [2.05, 4.69) is 16.9 Å². The summed E-state index contributed by atoms with van der Waals surface area (Å²) in [6, 6.07) is 0. The molecule has 0 amide bonds. The van der Waals surface area contributed by atoms with Crippen LogP contribution in [-0.2, 0) is 0 Å². The molecule has 1 heterocycles. The molecule has 3 N–H and O–H groups in total. The SMILES string of the molecule is CC(SCCCN)c1cnc[nH]1. The molecular formula is C8H15N3S. The summed E-state index contributed by atoms with van der Waals surface area (Å²) in [6.07, 6.45) is 4.68. The van der Waals surface area contributed by atoms with Crippen LogP contribution in [0.2, 0.25) is 0 Å². The fraction of sp³-hybridized carbons (Fsp3) is 0.625. The standard InChI is InChI=1S/C8H15N3S/c1-7(12-4-2-3-9)8-5-10-6-11-8/h5-7H,2-4,9H2,1H3,(H,10,11). The third kappa shape index (κ3) is 2.87. The van der Waals surface area contributed by atoms with Crippen LogP contribution in [0.4, 0.5) is 0 Å². The second-order valence-corrected chi connectivity index (χ2v) is 4.11. The van der Waals surface area contributed by atoms with Gasteiger partial charge in [0.25, 0.3) is 0 Å². The maximum Gasteiger partial charge on any atom is 0.0922 e. The highest BCUT2D eigenvalue weighted by molar-refractivity contribution is 7.99. The lowest BCUT2D eigenvalue weighted by Crippen LogP contribution is -2.00. The van der Waals surface area contributed by atoms with Gasteiger partial charge in [0.2, 0.25) is 0 Å². The molecular weight excluding hydrogens is 170 g/mol. The monoisotopic (exact) mass is 185 g/mol. The van der Waals surface area contributed by atoms with Crippen molar-refractivity contribution >= 4 is 11.8 Å². The van der Waals surface area contributed by atoms with Crippen LogP contribution in [0.1, 0.15) is 24.3 Å². The lowest BCUT2D eigenvalue weighted by Gasteiger charge is -2.07.